The molecule has 5 aromatic rings. The van der Waals surface area contributed by atoms with Crippen LogP contribution in [0.4, 0.5) is 28.8 Å². The average Bonchev–Trinajstić information content (AvgIpc) is 3.88. The van der Waals surface area contributed by atoms with Crippen molar-refractivity contribution in [3.05, 3.63) is 52.0 Å². The highest BCUT2D eigenvalue weighted by atomic mass is 35.5. The minimum absolute atomic E-state index is 0.0166. The van der Waals surface area contributed by atoms with Crippen LogP contribution >= 0.6 is 34.5 Å². The number of hydrogen-bond acceptors (Lipinski definition) is 11. The number of anilines is 2. The fraction of sp³-hybridized carbons (Fsp3) is 0.459. The molecule has 12 nitrogen and oxygen atoms in total. The normalized spacial score (nSPS) is 23.8. The summed E-state index contributed by atoms with van der Waals surface area (Å²) in [4.78, 5) is 32.4. The molecule has 0 radical (unpaired) electrons. The number of hydrogen-bond donors (Lipinski definition) is 1. The quantitative estimate of drug-likeness (QED) is 0.167. The van der Waals surface area contributed by atoms with Crippen molar-refractivity contribution in [2.24, 2.45) is 11.3 Å². The topological polar surface area (TPSA) is 142 Å². The summed E-state index contributed by atoms with van der Waals surface area (Å²) in [5.41, 5.74) is 5.13. The minimum Gasteiger partial charge on any atom is -0.461 e. The number of nitriles is 1. The molecule has 0 spiro atoms. The number of ether oxygens (including phenoxy) is 1. The lowest BCUT2D eigenvalue weighted by Crippen LogP contribution is -2.70. The third-order valence-electron chi connectivity index (χ3n) is 11.4. The molecule has 3 saturated heterocycles. The first-order valence-electron chi connectivity index (χ1n) is 17.9. The van der Waals surface area contributed by atoms with Gasteiger partial charge in [-0.05, 0) is 54.6 Å². The molecule has 3 aliphatic heterocycles. The number of rotatable bonds is 8. The first-order valence-corrected chi connectivity index (χ1v) is 19.4. The second-order valence-electron chi connectivity index (χ2n) is 15.5. The van der Waals surface area contributed by atoms with Crippen molar-refractivity contribution in [3.8, 4) is 23.2 Å². The second-order valence-corrected chi connectivity index (χ2v) is 17.3. The van der Waals surface area contributed by atoms with Crippen LogP contribution in [-0.4, -0.2) is 98.1 Å². The number of nitrogens with two attached hydrogens (primary N) is 1. The van der Waals surface area contributed by atoms with E-state index in [0.29, 0.717) is 31.9 Å². The molecular weight excluding hydrogens is 776 g/mol. The number of amides is 1. The fourth-order valence-electron chi connectivity index (χ4n) is 9.34. The Balaban J connectivity index is 1.22. The van der Waals surface area contributed by atoms with E-state index in [-0.39, 0.29) is 83.6 Å². The highest BCUT2D eigenvalue weighted by Gasteiger charge is 2.54. The molecule has 4 atom stereocenters. The van der Waals surface area contributed by atoms with E-state index in [0.717, 1.165) is 35.4 Å². The van der Waals surface area contributed by atoms with E-state index < -0.39 is 28.8 Å². The van der Waals surface area contributed by atoms with Crippen LogP contribution in [0.3, 0.4) is 0 Å². The van der Waals surface area contributed by atoms with Gasteiger partial charge in [-0.25, -0.2) is 22.9 Å². The van der Waals surface area contributed by atoms with E-state index in [1.54, 1.807) is 11.0 Å². The largest absolute Gasteiger partial charge is 0.461 e. The van der Waals surface area contributed by atoms with Gasteiger partial charge in [-0.2, -0.15) is 19.9 Å². The van der Waals surface area contributed by atoms with Gasteiger partial charge in [0.2, 0.25) is 5.28 Å². The molecule has 18 heteroatoms. The molecule has 1 amide bonds. The number of thiophene rings is 1. The summed E-state index contributed by atoms with van der Waals surface area (Å²) in [6, 6.07) is 5.45. The SMILES string of the molecule is CC(C)[C@H]1N(C(=O)n2cnc(Cl)n2)C[C@@]1(C)CN(C)c1nc(OC[C@@]23CCCN2C[C@H](F)C3)nc2c(F)c(-c3ccc(F)c4sc(N)c(C#N)c34)c(Cl)cc12. The van der Waals surface area contributed by atoms with Crippen LogP contribution in [0.15, 0.2) is 24.5 Å². The molecule has 0 bridgehead atoms. The number of halogens is 5. The number of nitrogen functional groups attached to an aromatic ring is 1. The van der Waals surface area contributed by atoms with Gasteiger partial charge < -0.3 is 20.3 Å². The highest BCUT2D eigenvalue weighted by molar-refractivity contribution is 7.23. The monoisotopic (exact) mass is 812 g/mol. The third-order valence-corrected chi connectivity index (χ3v) is 12.8. The standard InChI is InChI=1S/C37H37Cl2F3N10O2S/c1-18(2)30-36(3,15-51(30)35(53)52-17-45-33(39)48-52)14-49(4)32-21-10-23(38)26(20-6-7-24(41)29-25(20)22(12-43)31(44)55-29)27(42)28(21)46-34(47-32)54-16-37-8-5-9-50(37)13-19(40)11-37/h6-7,10,17-19,30H,5,8-9,11,13-16,44H2,1-4H3/t19-,30-,36-,37+/m1/s1. The third kappa shape index (κ3) is 6.10. The Kier molecular flexibility index (Phi) is 9.30. The van der Waals surface area contributed by atoms with Gasteiger partial charge in [-0.3, -0.25) is 4.90 Å². The van der Waals surface area contributed by atoms with Gasteiger partial charge in [0.15, 0.2) is 5.82 Å². The van der Waals surface area contributed by atoms with Crippen LogP contribution < -0.4 is 15.4 Å². The highest BCUT2D eigenvalue weighted by Crippen LogP contribution is 2.48. The average molecular weight is 814 g/mol. The van der Waals surface area contributed by atoms with Gasteiger partial charge >= 0.3 is 12.0 Å². The van der Waals surface area contributed by atoms with Crippen LogP contribution in [0.5, 0.6) is 6.01 Å². The maximum Gasteiger partial charge on any atom is 0.346 e. The van der Waals surface area contributed by atoms with E-state index in [1.165, 1.54) is 18.5 Å². The molecule has 0 saturated carbocycles. The Bertz CT molecular complexity index is 2420. The molecule has 3 aromatic heterocycles. The molecule has 3 fully saturated rings. The Morgan fingerprint density at radius 3 is 2.76 bits per heavy atom. The second kappa shape index (κ2) is 13.6. The maximum atomic E-state index is 17.2. The molecule has 2 N–H and O–H groups in total. The first-order chi connectivity index (χ1) is 26.1. The zero-order valence-electron chi connectivity index (χ0n) is 30.4. The summed E-state index contributed by atoms with van der Waals surface area (Å²) in [5, 5.41) is 14.4. The van der Waals surface area contributed by atoms with Gasteiger partial charge in [-0.1, -0.05) is 38.4 Å². The van der Waals surface area contributed by atoms with E-state index in [2.05, 4.69) is 26.9 Å². The Hall–Kier alpha value is -4.43. The number of carbonyl (C=O) groups is 1. The van der Waals surface area contributed by atoms with Crippen molar-refractivity contribution in [1.82, 2.24) is 34.5 Å². The van der Waals surface area contributed by atoms with E-state index in [9.17, 15) is 14.4 Å². The van der Waals surface area contributed by atoms with Crippen LogP contribution in [0.25, 0.3) is 32.1 Å². The summed E-state index contributed by atoms with van der Waals surface area (Å²) in [7, 11) is 1.81. The lowest BCUT2D eigenvalue weighted by Gasteiger charge is -2.58. The molecule has 0 unspecified atom stereocenters. The number of likely N-dealkylation sites (tertiary alicyclic amines) is 1. The van der Waals surface area contributed by atoms with Gasteiger partial charge in [-0.15, -0.1) is 16.4 Å². The first kappa shape index (κ1) is 37.5. The van der Waals surface area contributed by atoms with Crippen LogP contribution in [0.1, 0.15) is 45.6 Å². The van der Waals surface area contributed by atoms with E-state index >= 15 is 8.78 Å². The summed E-state index contributed by atoms with van der Waals surface area (Å²) in [6.45, 7) is 8.08. The molecule has 6 heterocycles. The Labute approximate surface area is 328 Å². The van der Waals surface area contributed by atoms with Crippen molar-refractivity contribution < 1.29 is 22.7 Å². The predicted molar refractivity (Wildman–Crippen MR) is 205 cm³/mol. The van der Waals surface area contributed by atoms with Crippen LogP contribution in [0, 0.1) is 34.3 Å². The van der Waals surface area contributed by atoms with E-state index in [1.807, 2.05) is 31.9 Å². The molecule has 55 heavy (non-hydrogen) atoms. The number of carbonyl (C=O) groups excluding carboxylic acids is 1. The molecular formula is C37H37Cl2F3N10O2S. The smallest absolute Gasteiger partial charge is 0.346 e. The van der Waals surface area contributed by atoms with E-state index in [4.69, 9.17) is 38.7 Å². The lowest BCUT2D eigenvalue weighted by molar-refractivity contribution is -0.0479. The van der Waals surface area contributed by atoms with Crippen LogP contribution in [-0.2, 0) is 0 Å². The van der Waals surface area contributed by atoms with Crippen LogP contribution in [0.2, 0.25) is 10.3 Å². The zero-order chi connectivity index (χ0) is 39.1. The van der Waals surface area contributed by atoms with Crippen molar-refractivity contribution in [1.29, 1.82) is 5.26 Å². The fourth-order valence-corrected chi connectivity index (χ4v) is 10.7. The minimum atomic E-state index is -0.979. The van der Waals surface area contributed by atoms with Gasteiger partial charge in [0, 0.05) is 60.9 Å². The van der Waals surface area contributed by atoms with Crippen molar-refractivity contribution in [2.75, 3.05) is 50.5 Å². The van der Waals surface area contributed by atoms with Gasteiger partial charge in [0.25, 0.3) is 0 Å². The van der Waals surface area contributed by atoms with Gasteiger partial charge in [0.1, 0.15) is 47.3 Å². The molecule has 288 valence electrons. The summed E-state index contributed by atoms with van der Waals surface area (Å²) in [6.07, 6.45) is 2.27. The molecule has 2 aromatic carbocycles. The summed E-state index contributed by atoms with van der Waals surface area (Å²) < 4.78 is 54.4. The predicted octanol–water partition coefficient (Wildman–Crippen LogP) is 7.55. The number of benzene rings is 2. The van der Waals surface area contributed by atoms with Crippen molar-refractivity contribution >= 4 is 72.4 Å². The van der Waals surface area contributed by atoms with Crippen molar-refractivity contribution in [3.63, 3.8) is 0 Å². The molecule has 8 rings (SSSR count). The zero-order valence-corrected chi connectivity index (χ0v) is 32.7. The number of alkyl halides is 1. The number of aromatic nitrogens is 5. The Morgan fingerprint density at radius 1 is 1.27 bits per heavy atom. The van der Waals surface area contributed by atoms with Crippen molar-refractivity contribution in [2.45, 2.75) is 57.8 Å². The summed E-state index contributed by atoms with van der Waals surface area (Å²) >= 11 is 13.7. The number of fused-ring (bicyclic) bond motifs is 3. The summed E-state index contributed by atoms with van der Waals surface area (Å²) in [5.74, 6) is -1.06. The molecule has 3 aliphatic rings. The van der Waals surface area contributed by atoms with Gasteiger partial charge in [0.05, 0.1) is 20.8 Å². The lowest BCUT2D eigenvalue weighted by atomic mass is 9.68. The molecule has 0 aliphatic carbocycles. The Morgan fingerprint density at radius 2 is 2.05 bits per heavy atom. The number of nitrogens with zero attached hydrogens (tertiary/aromatic N) is 9. The maximum absolute atomic E-state index is 17.2.